The van der Waals surface area contributed by atoms with E-state index in [0.29, 0.717) is 13.2 Å². The molecule has 1 aliphatic heterocycles. The normalized spacial score (nSPS) is 30.1. The zero-order valence-electron chi connectivity index (χ0n) is 10.3. The van der Waals surface area contributed by atoms with Gasteiger partial charge in [-0.3, -0.25) is 0 Å². The monoisotopic (exact) mass is 261 g/mol. The van der Waals surface area contributed by atoms with E-state index in [2.05, 4.69) is 5.16 Å². The van der Waals surface area contributed by atoms with E-state index in [0.717, 1.165) is 0 Å². The molecule has 0 N–H and O–H groups in total. The molecule has 0 bridgehead atoms. The van der Waals surface area contributed by atoms with Gasteiger partial charge < -0.3 is 19.0 Å². The summed E-state index contributed by atoms with van der Waals surface area (Å²) in [4.78, 5) is 16.7. The molecule has 0 radical (unpaired) electrons. The number of rotatable bonds is 5. The highest BCUT2D eigenvalue weighted by atomic mass is 19.1. The Hall–Kier alpha value is -1.21. The first-order valence-corrected chi connectivity index (χ1v) is 5.90. The van der Waals surface area contributed by atoms with E-state index >= 15 is 0 Å². The Morgan fingerprint density at radius 2 is 2.11 bits per heavy atom. The number of carbonyl (C=O) groups excluding carboxylic acids is 1. The minimum absolute atomic E-state index is 0.124. The Morgan fingerprint density at radius 3 is 2.61 bits per heavy atom. The van der Waals surface area contributed by atoms with Gasteiger partial charge in [-0.15, -0.1) is 0 Å². The standard InChI is InChI=1S/C11H16FNO5/c1-3-15-10(14)9(11(2)16-4-5-17-11)13-18-8-6-7(8)12/h7-8H,3-6H2,1-2H3/b13-9-. The van der Waals surface area contributed by atoms with Crippen LogP contribution in [0.15, 0.2) is 5.16 Å². The van der Waals surface area contributed by atoms with Gasteiger partial charge in [0, 0.05) is 6.42 Å². The summed E-state index contributed by atoms with van der Waals surface area (Å²) in [5.74, 6) is -1.97. The van der Waals surface area contributed by atoms with Gasteiger partial charge in [0.05, 0.1) is 19.8 Å². The summed E-state index contributed by atoms with van der Waals surface area (Å²) in [6, 6.07) is 0. The maximum Gasteiger partial charge on any atom is 0.361 e. The number of halogens is 1. The number of esters is 1. The third-order valence-electron chi connectivity index (χ3n) is 2.67. The first-order valence-electron chi connectivity index (χ1n) is 5.90. The van der Waals surface area contributed by atoms with Crippen molar-refractivity contribution in [2.45, 2.75) is 38.3 Å². The van der Waals surface area contributed by atoms with Gasteiger partial charge >= 0.3 is 5.97 Å². The smallest absolute Gasteiger partial charge is 0.361 e. The van der Waals surface area contributed by atoms with E-state index < -0.39 is 24.0 Å². The number of nitrogens with zero attached hydrogens (tertiary/aromatic N) is 1. The summed E-state index contributed by atoms with van der Waals surface area (Å²) in [6.07, 6.45) is -1.31. The van der Waals surface area contributed by atoms with E-state index in [1.54, 1.807) is 13.8 Å². The van der Waals surface area contributed by atoms with Crippen molar-refractivity contribution in [1.29, 1.82) is 0 Å². The highest BCUT2D eigenvalue weighted by Gasteiger charge is 2.45. The summed E-state index contributed by atoms with van der Waals surface area (Å²) in [6.45, 7) is 4.13. The maximum absolute atomic E-state index is 12.7. The van der Waals surface area contributed by atoms with Crippen LogP contribution in [0, 0.1) is 0 Å². The van der Waals surface area contributed by atoms with Crippen LogP contribution in [0.3, 0.4) is 0 Å². The average molecular weight is 261 g/mol. The van der Waals surface area contributed by atoms with Gasteiger partial charge in [-0.05, 0) is 13.8 Å². The second-order valence-corrected chi connectivity index (χ2v) is 4.20. The number of oxime groups is 1. The summed E-state index contributed by atoms with van der Waals surface area (Å²) in [5.41, 5.74) is -0.124. The molecule has 0 spiro atoms. The zero-order chi connectivity index (χ0) is 13.2. The molecule has 0 aromatic carbocycles. The van der Waals surface area contributed by atoms with Crippen LogP contribution in [0.2, 0.25) is 0 Å². The molecule has 1 aliphatic carbocycles. The molecule has 18 heavy (non-hydrogen) atoms. The van der Waals surface area contributed by atoms with E-state index in [1.165, 1.54) is 0 Å². The molecular weight excluding hydrogens is 245 g/mol. The predicted octanol–water partition coefficient (Wildman–Crippen LogP) is 0.796. The topological polar surface area (TPSA) is 66.4 Å². The maximum atomic E-state index is 12.7. The van der Waals surface area contributed by atoms with Gasteiger partial charge in [0.15, 0.2) is 6.10 Å². The van der Waals surface area contributed by atoms with Crippen molar-refractivity contribution in [2.24, 2.45) is 5.16 Å². The molecule has 1 saturated heterocycles. The van der Waals surface area contributed by atoms with E-state index in [-0.39, 0.29) is 18.7 Å². The lowest BCUT2D eigenvalue weighted by molar-refractivity contribution is -0.141. The molecule has 6 nitrogen and oxygen atoms in total. The Bertz CT molecular complexity index is 353. The third-order valence-corrected chi connectivity index (χ3v) is 2.67. The van der Waals surface area contributed by atoms with Crippen molar-refractivity contribution < 1.29 is 28.2 Å². The van der Waals surface area contributed by atoms with Crippen LogP contribution in [0.1, 0.15) is 20.3 Å². The lowest BCUT2D eigenvalue weighted by Crippen LogP contribution is -2.42. The van der Waals surface area contributed by atoms with Gasteiger partial charge in [-0.1, -0.05) is 5.16 Å². The molecule has 7 heteroatoms. The minimum atomic E-state index is -1.28. The minimum Gasteiger partial charge on any atom is -0.461 e. The molecule has 2 aliphatic rings. The summed E-state index contributed by atoms with van der Waals surface area (Å²) < 4.78 is 28.2. The zero-order valence-corrected chi connectivity index (χ0v) is 10.3. The van der Waals surface area contributed by atoms with Gasteiger partial charge in [0.1, 0.15) is 6.17 Å². The lowest BCUT2D eigenvalue weighted by atomic mass is 10.2. The van der Waals surface area contributed by atoms with Crippen molar-refractivity contribution >= 4 is 11.7 Å². The summed E-state index contributed by atoms with van der Waals surface area (Å²) in [7, 11) is 0. The summed E-state index contributed by atoms with van der Waals surface area (Å²) >= 11 is 0. The number of alkyl halides is 1. The molecule has 0 amide bonds. The van der Waals surface area contributed by atoms with Crippen LogP contribution < -0.4 is 0 Å². The largest absolute Gasteiger partial charge is 0.461 e. The van der Waals surface area contributed by atoms with Gasteiger partial charge in [-0.2, -0.15) is 0 Å². The molecular formula is C11H16FNO5. The van der Waals surface area contributed by atoms with Crippen LogP contribution in [-0.2, 0) is 23.8 Å². The van der Waals surface area contributed by atoms with Gasteiger partial charge in [0.2, 0.25) is 11.5 Å². The van der Waals surface area contributed by atoms with Crippen LogP contribution in [-0.4, -0.2) is 49.6 Å². The van der Waals surface area contributed by atoms with E-state index in [4.69, 9.17) is 19.0 Å². The highest BCUT2D eigenvalue weighted by Crippen LogP contribution is 2.30. The Kier molecular flexibility index (Phi) is 3.82. The van der Waals surface area contributed by atoms with Crippen molar-refractivity contribution in [3.05, 3.63) is 0 Å². The number of carbonyl (C=O) groups is 1. The quantitative estimate of drug-likeness (QED) is 0.416. The van der Waals surface area contributed by atoms with E-state index in [9.17, 15) is 9.18 Å². The molecule has 2 fully saturated rings. The van der Waals surface area contributed by atoms with Crippen LogP contribution in [0.25, 0.3) is 0 Å². The van der Waals surface area contributed by atoms with Gasteiger partial charge in [-0.25, -0.2) is 9.18 Å². The highest BCUT2D eigenvalue weighted by molar-refractivity contribution is 6.39. The molecule has 2 atom stereocenters. The third kappa shape index (κ3) is 2.78. The lowest BCUT2D eigenvalue weighted by Gasteiger charge is -2.22. The average Bonchev–Trinajstić information content (AvgIpc) is 2.84. The Morgan fingerprint density at radius 1 is 1.50 bits per heavy atom. The second-order valence-electron chi connectivity index (χ2n) is 4.20. The first kappa shape index (κ1) is 13.2. The van der Waals surface area contributed by atoms with Crippen molar-refractivity contribution in [3.63, 3.8) is 0 Å². The molecule has 1 heterocycles. The number of hydrogen-bond acceptors (Lipinski definition) is 6. The fraction of sp³-hybridized carbons (Fsp3) is 0.818. The fourth-order valence-electron chi connectivity index (χ4n) is 1.53. The summed E-state index contributed by atoms with van der Waals surface area (Å²) in [5, 5.41) is 3.66. The number of ether oxygens (including phenoxy) is 3. The Balaban J connectivity index is 2.08. The van der Waals surface area contributed by atoms with Gasteiger partial charge in [0.25, 0.3) is 0 Å². The van der Waals surface area contributed by atoms with Crippen molar-refractivity contribution in [1.82, 2.24) is 0 Å². The van der Waals surface area contributed by atoms with Crippen molar-refractivity contribution in [2.75, 3.05) is 19.8 Å². The molecule has 0 aromatic heterocycles. The molecule has 102 valence electrons. The van der Waals surface area contributed by atoms with Crippen LogP contribution in [0.4, 0.5) is 4.39 Å². The molecule has 1 saturated carbocycles. The second kappa shape index (κ2) is 5.19. The predicted molar refractivity (Wildman–Crippen MR) is 58.8 cm³/mol. The first-order chi connectivity index (χ1) is 8.57. The molecule has 0 aromatic rings. The van der Waals surface area contributed by atoms with Crippen LogP contribution in [0.5, 0.6) is 0 Å². The van der Waals surface area contributed by atoms with Crippen molar-refractivity contribution in [3.8, 4) is 0 Å². The van der Waals surface area contributed by atoms with E-state index in [1.807, 2.05) is 0 Å². The SMILES string of the molecule is CCOC(=O)/C(=N/OC1CC1F)C1(C)OCCO1. The van der Waals surface area contributed by atoms with Crippen LogP contribution >= 0.6 is 0 Å². The molecule has 2 unspecified atom stereocenters. The Labute approximate surface area is 104 Å². The molecule has 2 rings (SSSR count). The fourth-order valence-corrected chi connectivity index (χ4v) is 1.53. The number of hydrogen-bond donors (Lipinski definition) is 0.